The van der Waals surface area contributed by atoms with Gasteiger partial charge in [-0.3, -0.25) is 0 Å². The molecule has 0 radical (unpaired) electrons. The molecule has 1 aromatic rings. The van der Waals surface area contributed by atoms with Gasteiger partial charge in [0.25, 0.3) is 0 Å². The molecule has 0 bridgehead atoms. The van der Waals surface area contributed by atoms with Gasteiger partial charge in [-0.25, -0.2) is 0 Å². The lowest BCUT2D eigenvalue weighted by atomic mass is 10.2. The quantitative estimate of drug-likeness (QED) is 0.648. The van der Waals surface area contributed by atoms with E-state index in [-0.39, 0.29) is 0 Å². The lowest BCUT2D eigenvalue weighted by molar-refractivity contribution is 0.472. The van der Waals surface area contributed by atoms with Gasteiger partial charge in [0.1, 0.15) is 0 Å². The summed E-state index contributed by atoms with van der Waals surface area (Å²) >= 11 is 0. The zero-order valence-electron chi connectivity index (χ0n) is 8.01. The van der Waals surface area contributed by atoms with Crippen LogP contribution < -0.4 is 10.6 Å². The third-order valence-corrected chi connectivity index (χ3v) is 2.63. The first kappa shape index (κ1) is 8.78. The third-order valence-electron chi connectivity index (χ3n) is 2.63. The van der Waals surface area contributed by atoms with E-state index in [0.29, 0.717) is 12.1 Å². The van der Waals surface area contributed by atoms with Crippen LogP contribution in [0.4, 0.5) is 0 Å². The van der Waals surface area contributed by atoms with Crippen LogP contribution in [0, 0.1) is 0 Å². The number of hydrogen-bond donors (Lipinski definition) is 3. The van der Waals surface area contributed by atoms with Crippen molar-refractivity contribution in [3.63, 3.8) is 0 Å². The van der Waals surface area contributed by atoms with Crippen molar-refractivity contribution in [2.45, 2.75) is 25.4 Å². The summed E-state index contributed by atoms with van der Waals surface area (Å²) in [5.41, 5.74) is 1.27. The van der Waals surface area contributed by atoms with Crippen molar-refractivity contribution >= 4 is 0 Å². The summed E-state index contributed by atoms with van der Waals surface area (Å²) in [5, 5.41) is 6.94. The Balaban J connectivity index is 1.87. The molecule has 0 spiro atoms. The van der Waals surface area contributed by atoms with E-state index in [9.17, 15) is 0 Å². The van der Waals surface area contributed by atoms with E-state index in [1.807, 2.05) is 12.3 Å². The van der Waals surface area contributed by atoms with Crippen LogP contribution in [0.15, 0.2) is 18.3 Å². The average Bonchev–Trinajstić information content (AvgIpc) is 2.74. The second kappa shape index (κ2) is 3.94. The molecule has 0 saturated carbocycles. The highest BCUT2D eigenvalue weighted by atomic mass is 15.0. The van der Waals surface area contributed by atoms with E-state index in [1.54, 1.807) is 0 Å². The molecule has 3 heteroatoms. The van der Waals surface area contributed by atoms with Crippen LogP contribution in [-0.2, 0) is 0 Å². The summed E-state index contributed by atoms with van der Waals surface area (Å²) in [4.78, 5) is 3.23. The molecule has 1 aliphatic heterocycles. The van der Waals surface area contributed by atoms with E-state index >= 15 is 0 Å². The number of H-pyrrole nitrogens is 1. The highest BCUT2D eigenvalue weighted by Crippen LogP contribution is 2.11. The number of aromatic amines is 1. The molecule has 0 aliphatic carbocycles. The monoisotopic (exact) mass is 179 g/mol. The van der Waals surface area contributed by atoms with Gasteiger partial charge in [0.2, 0.25) is 0 Å². The van der Waals surface area contributed by atoms with Gasteiger partial charge in [0, 0.05) is 30.5 Å². The van der Waals surface area contributed by atoms with Crippen molar-refractivity contribution in [1.82, 2.24) is 15.6 Å². The second-order valence-electron chi connectivity index (χ2n) is 3.70. The predicted molar refractivity (Wildman–Crippen MR) is 53.6 cm³/mol. The molecule has 2 rings (SSSR count). The summed E-state index contributed by atoms with van der Waals surface area (Å²) in [7, 11) is 0. The Labute approximate surface area is 78.9 Å². The van der Waals surface area contributed by atoms with E-state index in [0.717, 1.165) is 13.1 Å². The molecule has 72 valence electrons. The van der Waals surface area contributed by atoms with Crippen molar-refractivity contribution in [3.05, 3.63) is 24.0 Å². The smallest absolute Gasteiger partial charge is 0.0446 e. The molecule has 1 saturated heterocycles. The predicted octanol–water partition coefficient (Wildman–Crippen LogP) is 1.03. The standard InChI is InChI=1S/C10H17N3/c1-8(10-3-2-5-12-10)13-9-4-6-11-7-9/h2-3,5,8-9,11-13H,4,6-7H2,1H3/t8?,9-/m1/s1. The Morgan fingerprint density at radius 3 is 3.15 bits per heavy atom. The van der Waals surface area contributed by atoms with Crippen LogP contribution in [0.25, 0.3) is 0 Å². The van der Waals surface area contributed by atoms with Gasteiger partial charge in [0.15, 0.2) is 0 Å². The van der Waals surface area contributed by atoms with Gasteiger partial charge < -0.3 is 15.6 Å². The Bertz CT molecular complexity index is 237. The lowest BCUT2D eigenvalue weighted by Gasteiger charge is -2.17. The highest BCUT2D eigenvalue weighted by Gasteiger charge is 2.17. The molecule has 1 fully saturated rings. The Hall–Kier alpha value is -0.800. The van der Waals surface area contributed by atoms with Crippen LogP contribution in [-0.4, -0.2) is 24.1 Å². The SMILES string of the molecule is CC(N[C@@H]1CCNC1)c1ccc[nH]1. The van der Waals surface area contributed by atoms with Crippen LogP contribution in [0.3, 0.4) is 0 Å². The minimum Gasteiger partial charge on any atom is -0.364 e. The Morgan fingerprint density at radius 1 is 1.62 bits per heavy atom. The molecule has 3 N–H and O–H groups in total. The number of nitrogens with one attached hydrogen (secondary N) is 3. The van der Waals surface area contributed by atoms with Crippen molar-refractivity contribution < 1.29 is 0 Å². The van der Waals surface area contributed by atoms with Gasteiger partial charge in [-0.05, 0) is 32.0 Å². The van der Waals surface area contributed by atoms with Crippen LogP contribution in [0.2, 0.25) is 0 Å². The summed E-state index contributed by atoms with van der Waals surface area (Å²) in [6.07, 6.45) is 3.21. The van der Waals surface area contributed by atoms with Crippen LogP contribution >= 0.6 is 0 Å². The van der Waals surface area contributed by atoms with E-state index in [2.05, 4.69) is 28.6 Å². The molecular weight excluding hydrogens is 162 g/mol. The Morgan fingerprint density at radius 2 is 2.54 bits per heavy atom. The molecular formula is C10H17N3. The van der Waals surface area contributed by atoms with E-state index in [4.69, 9.17) is 0 Å². The first-order valence-electron chi connectivity index (χ1n) is 4.96. The Kier molecular flexibility index (Phi) is 2.66. The summed E-state index contributed by atoms with van der Waals surface area (Å²) in [6, 6.07) is 5.23. The van der Waals surface area contributed by atoms with Crippen LogP contribution in [0.5, 0.6) is 0 Å². The number of hydrogen-bond acceptors (Lipinski definition) is 2. The maximum Gasteiger partial charge on any atom is 0.0446 e. The fourth-order valence-electron chi connectivity index (χ4n) is 1.85. The highest BCUT2D eigenvalue weighted by molar-refractivity contribution is 5.08. The van der Waals surface area contributed by atoms with Gasteiger partial charge in [0.05, 0.1) is 0 Å². The molecule has 1 aliphatic rings. The topological polar surface area (TPSA) is 39.8 Å². The van der Waals surface area contributed by atoms with Gasteiger partial charge >= 0.3 is 0 Å². The van der Waals surface area contributed by atoms with E-state index < -0.39 is 0 Å². The van der Waals surface area contributed by atoms with E-state index in [1.165, 1.54) is 12.1 Å². The van der Waals surface area contributed by atoms with Crippen molar-refractivity contribution in [2.75, 3.05) is 13.1 Å². The second-order valence-corrected chi connectivity index (χ2v) is 3.70. The zero-order valence-corrected chi connectivity index (χ0v) is 8.01. The zero-order chi connectivity index (χ0) is 9.10. The van der Waals surface area contributed by atoms with Gasteiger partial charge in [-0.15, -0.1) is 0 Å². The third kappa shape index (κ3) is 2.11. The molecule has 13 heavy (non-hydrogen) atoms. The van der Waals surface area contributed by atoms with Crippen molar-refractivity contribution in [1.29, 1.82) is 0 Å². The van der Waals surface area contributed by atoms with Gasteiger partial charge in [-0.1, -0.05) is 0 Å². The van der Waals surface area contributed by atoms with Crippen molar-refractivity contribution in [3.8, 4) is 0 Å². The molecule has 1 unspecified atom stereocenters. The van der Waals surface area contributed by atoms with Gasteiger partial charge in [-0.2, -0.15) is 0 Å². The average molecular weight is 179 g/mol. The van der Waals surface area contributed by atoms with Crippen LogP contribution in [0.1, 0.15) is 25.1 Å². The lowest BCUT2D eigenvalue weighted by Crippen LogP contribution is -2.33. The molecule has 0 aromatic carbocycles. The largest absolute Gasteiger partial charge is 0.364 e. The normalized spacial score (nSPS) is 24.8. The molecule has 2 heterocycles. The first-order chi connectivity index (χ1) is 6.36. The maximum atomic E-state index is 3.59. The summed E-state index contributed by atoms with van der Waals surface area (Å²) < 4.78 is 0. The fraction of sp³-hybridized carbons (Fsp3) is 0.600. The first-order valence-corrected chi connectivity index (χ1v) is 4.96. The maximum absolute atomic E-state index is 3.59. The van der Waals surface area contributed by atoms with Crippen molar-refractivity contribution in [2.24, 2.45) is 0 Å². The minimum absolute atomic E-state index is 0.430. The summed E-state index contributed by atoms with van der Waals surface area (Å²) in [5.74, 6) is 0. The number of rotatable bonds is 3. The summed E-state index contributed by atoms with van der Waals surface area (Å²) in [6.45, 7) is 4.45. The molecule has 3 nitrogen and oxygen atoms in total. The molecule has 0 amide bonds. The minimum atomic E-state index is 0.430. The molecule has 2 atom stereocenters. The fourth-order valence-corrected chi connectivity index (χ4v) is 1.85. The number of aromatic nitrogens is 1. The molecule has 1 aromatic heterocycles.